The molecule has 1 unspecified atom stereocenters. The molecule has 2 amide bonds. The lowest BCUT2D eigenvalue weighted by Crippen LogP contribution is -2.52. The maximum atomic E-state index is 13.6. The van der Waals surface area contributed by atoms with Crippen molar-refractivity contribution in [2.45, 2.75) is 38.9 Å². The van der Waals surface area contributed by atoms with Gasteiger partial charge in [-0.15, -0.1) is 0 Å². The van der Waals surface area contributed by atoms with Crippen LogP contribution in [0.25, 0.3) is 0 Å². The summed E-state index contributed by atoms with van der Waals surface area (Å²) < 4.78 is 6.56. The molecule has 0 heterocycles. The monoisotopic (exact) mass is 576 g/mol. The Morgan fingerprint density at radius 1 is 0.971 bits per heavy atom. The van der Waals surface area contributed by atoms with E-state index in [1.54, 1.807) is 24.3 Å². The zero-order valence-corrected chi connectivity index (χ0v) is 22.6. The Balaban J connectivity index is 1.93. The van der Waals surface area contributed by atoms with Crippen LogP contribution in [0.5, 0.6) is 5.75 Å². The van der Waals surface area contributed by atoms with Crippen LogP contribution in [0, 0.1) is 0 Å². The van der Waals surface area contributed by atoms with Gasteiger partial charge in [-0.05, 0) is 49.2 Å². The van der Waals surface area contributed by atoms with Crippen molar-refractivity contribution in [1.82, 2.24) is 10.2 Å². The van der Waals surface area contributed by atoms with Crippen LogP contribution >= 0.6 is 39.1 Å². The summed E-state index contributed by atoms with van der Waals surface area (Å²) in [5.74, 6) is -0.221. The van der Waals surface area contributed by atoms with Crippen molar-refractivity contribution in [2.75, 3.05) is 6.61 Å². The molecule has 35 heavy (non-hydrogen) atoms. The molecule has 0 saturated heterocycles. The van der Waals surface area contributed by atoms with Crippen molar-refractivity contribution >= 4 is 50.9 Å². The minimum absolute atomic E-state index is 0.0872. The summed E-state index contributed by atoms with van der Waals surface area (Å²) >= 11 is 16.0. The van der Waals surface area contributed by atoms with Gasteiger partial charge >= 0.3 is 0 Å². The predicted octanol–water partition coefficient (Wildman–Crippen LogP) is 6.30. The van der Waals surface area contributed by atoms with Crippen LogP contribution in [0.1, 0.15) is 25.0 Å². The van der Waals surface area contributed by atoms with E-state index >= 15 is 0 Å². The number of carbonyl (C=O) groups is 2. The first-order valence-electron chi connectivity index (χ1n) is 11.2. The van der Waals surface area contributed by atoms with E-state index in [9.17, 15) is 9.59 Å². The van der Waals surface area contributed by atoms with Gasteiger partial charge in [0.05, 0.1) is 5.02 Å². The van der Waals surface area contributed by atoms with Gasteiger partial charge in [0.25, 0.3) is 5.91 Å². The fourth-order valence-electron chi connectivity index (χ4n) is 3.56. The summed E-state index contributed by atoms with van der Waals surface area (Å²) in [6.07, 6.45) is 0.342. The molecule has 0 aliphatic carbocycles. The summed E-state index contributed by atoms with van der Waals surface area (Å²) in [4.78, 5) is 28.4. The maximum absolute atomic E-state index is 13.6. The Bertz CT molecular complexity index is 1160. The fourth-order valence-corrected chi connectivity index (χ4v) is 4.48. The minimum Gasteiger partial charge on any atom is -0.482 e. The van der Waals surface area contributed by atoms with E-state index in [-0.39, 0.29) is 31.0 Å². The maximum Gasteiger partial charge on any atom is 0.261 e. The zero-order valence-electron chi connectivity index (χ0n) is 19.5. The number of ether oxygens (including phenoxy) is 1. The summed E-state index contributed by atoms with van der Waals surface area (Å²) in [5.41, 5.74) is 1.67. The van der Waals surface area contributed by atoms with Crippen LogP contribution in [-0.2, 0) is 22.6 Å². The first-order chi connectivity index (χ1) is 16.7. The topological polar surface area (TPSA) is 58.6 Å². The Hall–Kier alpha value is -2.54. The molecule has 0 saturated carbocycles. The molecule has 1 atom stereocenters. The molecule has 0 spiro atoms. The Labute approximate surface area is 224 Å². The lowest BCUT2D eigenvalue weighted by Gasteiger charge is -2.32. The van der Waals surface area contributed by atoms with Crippen molar-refractivity contribution in [1.29, 1.82) is 0 Å². The van der Waals surface area contributed by atoms with Gasteiger partial charge in [0.15, 0.2) is 6.61 Å². The second-order valence-electron chi connectivity index (χ2n) is 8.35. The minimum atomic E-state index is -0.771. The zero-order chi connectivity index (χ0) is 25.4. The number of hydrogen-bond acceptors (Lipinski definition) is 3. The molecular weight excluding hydrogens is 551 g/mol. The lowest BCUT2D eigenvalue weighted by molar-refractivity contribution is -0.143. The van der Waals surface area contributed by atoms with Crippen molar-refractivity contribution in [3.8, 4) is 5.75 Å². The fraction of sp³-hybridized carbons (Fsp3) is 0.259. The number of benzene rings is 3. The van der Waals surface area contributed by atoms with Gasteiger partial charge in [-0.2, -0.15) is 0 Å². The Kier molecular flexibility index (Phi) is 10.0. The van der Waals surface area contributed by atoms with Crippen LogP contribution in [0.2, 0.25) is 10.0 Å². The molecule has 8 heteroatoms. The summed E-state index contributed by atoms with van der Waals surface area (Å²) in [7, 11) is 0. The number of nitrogens with zero attached hydrogens (tertiary/aromatic N) is 1. The first kappa shape index (κ1) is 27.1. The highest BCUT2D eigenvalue weighted by atomic mass is 79.9. The Morgan fingerprint density at radius 2 is 1.66 bits per heavy atom. The van der Waals surface area contributed by atoms with E-state index in [1.807, 2.05) is 62.4 Å². The third-order valence-electron chi connectivity index (χ3n) is 5.25. The van der Waals surface area contributed by atoms with Gasteiger partial charge in [-0.3, -0.25) is 9.59 Å². The number of carbonyl (C=O) groups excluding carboxylic acids is 2. The number of halogens is 3. The van der Waals surface area contributed by atoms with E-state index < -0.39 is 6.04 Å². The van der Waals surface area contributed by atoms with Crippen molar-refractivity contribution in [3.63, 3.8) is 0 Å². The van der Waals surface area contributed by atoms with E-state index in [4.69, 9.17) is 27.9 Å². The number of amides is 2. The molecule has 0 radical (unpaired) electrons. The third-order valence-corrected chi connectivity index (χ3v) is 6.40. The average molecular weight is 578 g/mol. The molecule has 0 aromatic heterocycles. The third kappa shape index (κ3) is 7.99. The van der Waals surface area contributed by atoms with Crippen LogP contribution < -0.4 is 10.1 Å². The van der Waals surface area contributed by atoms with Crippen LogP contribution in [0.3, 0.4) is 0 Å². The molecule has 3 rings (SSSR count). The van der Waals surface area contributed by atoms with Crippen LogP contribution in [0.4, 0.5) is 0 Å². The molecule has 1 N–H and O–H groups in total. The summed E-state index contributed by atoms with van der Waals surface area (Å²) in [5, 5.41) is 3.85. The molecule has 0 aliphatic rings. The number of rotatable bonds is 10. The highest BCUT2D eigenvalue weighted by Crippen LogP contribution is 2.28. The molecule has 3 aromatic rings. The molecule has 184 valence electrons. The van der Waals surface area contributed by atoms with Crippen molar-refractivity contribution in [2.24, 2.45) is 0 Å². The van der Waals surface area contributed by atoms with Crippen LogP contribution in [-0.4, -0.2) is 35.4 Å². The quantitative estimate of drug-likeness (QED) is 0.308. The first-order valence-corrected chi connectivity index (χ1v) is 12.7. The standard InChI is InChI=1S/C27H27BrCl2N2O3/c1-18(2)31-27(34)24(14-19-8-4-3-5-9-19)32(16-20-10-6-7-11-22(20)29)26(33)17-35-25-13-12-21(28)15-23(25)30/h3-13,15,18,24H,14,16-17H2,1-2H3,(H,31,34). The van der Waals surface area contributed by atoms with Gasteiger partial charge in [-0.25, -0.2) is 0 Å². The Morgan fingerprint density at radius 3 is 2.31 bits per heavy atom. The second kappa shape index (κ2) is 13.0. The van der Waals surface area contributed by atoms with Gasteiger partial charge < -0.3 is 15.0 Å². The average Bonchev–Trinajstić information content (AvgIpc) is 2.82. The molecule has 5 nitrogen and oxygen atoms in total. The number of nitrogens with one attached hydrogen (secondary N) is 1. The molecule has 0 bridgehead atoms. The highest BCUT2D eigenvalue weighted by Gasteiger charge is 2.31. The smallest absolute Gasteiger partial charge is 0.261 e. The van der Waals surface area contributed by atoms with Crippen molar-refractivity contribution < 1.29 is 14.3 Å². The van der Waals surface area contributed by atoms with E-state index in [1.165, 1.54) is 4.90 Å². The lowest BCUT2D eigenvalue weighted by atomic mass is 10.0. The normalized spacial score (nSPS) is 11.7. The SMILES string of the molecule is CC(C)NC(=O)C(Cc1ccccc1)N(Cc1ccccc1Cl)C(=O)COc1ccc(Br)cc1Cl. The molecule has 0 aliphatic heterocycles. The molecule has 3 aromatic carbocycles. The van der Waals surface area contributed by atoms with Crippen molar-refractivity contribution in [3.05, 3.63) is 98.4 Å². The van der Waals surface area contributed by atoms with Gasteiger partial charge in [0.2, 0.25) is 5.91 Å². The van der Waals surface area contributed by atoms with E-state index in [0.717, 1.165) is 15.6 Å². The van der Waals surface area contributed by atoms with Gasteiger partial charge in [0.1, 0.15) is 11.8 Å². The van der Waals surface area contributed by atoms with Crippen LogP contribution in [0.15, 0.2) is 77.3 Å². The second-order valence-corrected chi connectivity index (χ2v) is 10.1. The number of hydrogen-bond donors (Lipinski definition) is 1. The molecular formula is C27H27BrCl2N2O3. The van der Waals surface area contributed by atoms with E-state index in [2.05, 4.69) is 21.2 Å². The highest BCUT2D eigenvalue weighted by molar-refractivity contribution is 9.10. The summed E-state index contributed by atoms with van der Waals surface area (Å²) in [6.45, 7) is 3.64. The summed E-state index contributed by atoms with van der Waals surface area (Å²) in [6, 6.07) is 21.2. The predicted molar refractivity (Wildman–Crippen MR) is 144 cm³/mol. The molecule has 0 fully saturated rings. The largest absolute Gasteiger partial charge is 0.482 e. The van der Waals surface area contributed by atoms with Gasteiger partial charge in [-0.1, -0.05) is 87.7 Å². The van der Waals surface area contributed by atoms with Gasteiger partial charge in [0, 0.05) is 28.5 Å². The van der Waals surface area contributed by atoms with E-state index in [0.29, 0.717) is 22.2 Å².